The summed E-state index contributed by atoms with van der Waals surface area (Å²) in [6, 6.07) is 14.5. The molecule has 0 spiro atoms. The molecule has 0 radical (unpaired) electrons. The van der Waals surface area contributed by atoms with Crippen molar-refractivity contribution in [3.63, 3.8) is 0 Å². The lowest BCUT2D eigenvalue weighted by atomic mass is 10.0. The first-order valence-corrected chi connectivity index (χ1v) is 8.92. The summed E-state index contributed by atoms with van der Waals surface area (Å²) in [7, 11) is 0. The van der Waals surface area contributed by atoms with E-state index in [0.717, 1.165) is 11.1 Å². The molecule has 2 amide bonds. The van der Waals surface area contributed by atoms with Gasteiger partial charge in [-0.05, 0) is 63.1 Å². The van der Waals surface area contributed by atoms with Gasteiger partial charge in [0.15, 0.2) is 6.61 Å². The van der Waals surface area contributed by atoms with Gasteiger partial charge in [-0.1, -0.05) is 24.3 Å². The summed E-state index contributed by atoms with van der Waals surface area (Å²) in [5.74, 6) is 0.0319. The molecule has 2 rings (SSSR count). The highest BCUT2D eigenvalue weighted by Gasteiger charge is 2.20. The Hall–Kier alpha value is -2.86. The van der Waals surface area contributed by atoms with E-state index in [1.807, 2.05) is 52.0 Å². The van der Waals surface area contributed by atoms with E-state index in [0.29, 0.717) is 11.3 Å². The quantitative estimate of drug-likeness (QED) is 0.578. The van der Waals surface area contributed by atoms with Gasteiger partial charge in [0.1, 0.15) is 5.75 Å². The fourth-order valence-electron chi connectivity index (χ4n) is 3.01. The lowest BCUT2D eigenvalue weighted by Gasteiger charge is -2.30. The zero-order valence-corrected chi connectivity index (χ0v) is 16.1. The van der Waals surface area contributed by atoms with Gasteiger partial charge in [-0.3, -0.25) is 14.8 Å². The van der Waals surface area contributed by atoms with Gasteiger partial charge < -0.3 is 9.64 Å². The molecule has 0 aliphatic rings. The van der Waals surface area contributed by atoms with Crippen molar-refractivity contribution in [3.05, 3.63) is 54.1 Å². The number of hydroxylamine groups is 1. The summed E-state index contributed by atoms with van der Waals surface area (Å²) in [4.78, 5) is 25.5. The summed E-state index contributed by atoms with van der Waals surface area (Å²) in [5.41, 5.74) is 3.86. The normalized spacial score (nSPS) is 10.8. The van der Waals surface area contributed by atoms with Crippen molar-refractivity contribution in [1.82, 2.24) is 10.4 Å². The number of carbonyl (C=O) groups is 2. The number of rotatable bonds is 7. The minimum atomic E-state index is -0.549. The molecule has 2 N–H and O–H groups in total. The summed E-state index contributed by atoms with van der Waals surface area (Å²) < 4.78 is 5.63. The SMILES string of the molecule is CC(C)N(C(=O)COc1ccc(-c2ccc(C(=O)NO)cc2)cc1)C(C)C. The lowest BCUT2D eigenvalue weighted by molar-refractivity contribution is -0.136. The van der Waals surface area contributed by atoms with Crippen molar-refractivity contribution in [2.45, 2.75) is 39.8 Å². The van der Waals surface area contributed by atoms with E-state index in [1.54, 1.807) is 34.6 Å². The van der Waals surface area contributed by atoms with Gasteiger partial charge in [0, 0.05) is 17.6 Å². The van der Waals surface area contributed by atoms with Crippen LogP contribution in [0.1, 0.15) is 38.1 Å². The molecule has 0 unspecified atom stereocenters. The molecule has 0 saturated heterocycles. The minimum absolute atomic E-state index is 0.000670. The van der Waals surface area contributed by atoms with Gasteiger partial charge in [-0.2, -0.15) is 0 Å². The maximum absolute atomic E-state index is 12.4. The van der Waals surface area contributed by atoms with Crippen molar-refractivity contribution in [2.75, 3.05) is 6.61 Å². The number of carbonyl (C=O) groups excluding carboxylic acids is 2. The van der Waals surface area contributed by atoms with Gasteiger partial charge in [0.05, 0.1) is 0 Å². The number of nitrogens with one attached hydrogen (secondary N) is 1. The van der Waals surface area contributed by atoms with E-state index >= 15 is 0 Å². The maximum Gasteiger partial charge on any atom is 0.274 e. The third kappa shape index (κ3) is 5.31. The standard InChI is InChI=1S/C21H26N2O4/c1-14(2)23(15(3)4)20(24)13-27-19-11-9-17(10-12-19)16-5-7-18(8-6-16)21(25)22-26/h5-12,14-15,26H,13H2,1-4H3,(H,22,25). The van der Waals surface area contributed by atoms with Crippen molar-refractivity contribution in [2.24, 2.45) is 0 Å². The lowest BCUT2D eigenvalue weighted by Crippen LogP contribution is -2.44. The van der Waals surface area contributed by atoms with E-state index in [9.17, 15) is 9.59 Å². The molecule has 0 aliphatic carbocycles. The number of benzene rings is 2. The molecule has 0 heterocycles. The predicted octanol–water partition coefficient (Wildman–Crippen LogP) is 3.50. The van der Waals surface area contributed by atoms with Gasteiger partial charge in [0.25, 0.3) is 11.8 Å². The molecule has 6 heteroatoms. The van der Waals surface area contributed by atoms with Gasteiger partial charge in [0.2, 0.25) is 0 Å². The molecule has 0 bridgehead atoms. The predicted molar refractivity (Wildman–Crippen MR) is 104 cm³/mol. The molecule has 144 valence electrons. The Morgan fingerprint density at radius 1 is 0.926 bits per heavy atom. The van der Waals surface area contributed by atoms with E-state index in [1.165, 1.54) is 0 Å². The third-order valence-corrected chi connectivity index (χ3v) is 4.20. The average molecular weight is 370 g/mol. The first-order valence-electron chi connectivity index (χ1n) is 8.92. The van der Waals surface area contributed by atoms with Gasteiger partial charge in [-0.15, -0.1) is 0 Å². The second kappa shape index (κ2) is 9.19. The average Bonchev–Trinajstić information content (AvgIpc) is 2.65. The van der Waals surface area contributed by atoms with Crippen LogP contribution >= 0.6 is 0 Å². The van der Waals surface area contributed by atoms with Crippen LogP contribution < -0.4 is 10.2 Å². The monoisotopic (exact) mass is 370 g/mol. The van der Waals surface area contributed by atoms with E-state index < -0.39 is 5.91 Å². The molecule has 2 aromatic rings. The van der Waals surface area contributed by atoms with Crippen molar-refractivity contribution in [3.8, 4) is 16.9 Å². The van der Waals surface area contributed by atoms with E-state index in [4.69, 9.17) is 9.94 Å². The smallest absolute Gasteiger partial charge is 0.274 e. The number of amides is 2. The largest absolute Gasteiger partial charge is 0.484 e. The molecule has 27 heavy (non-hydrogen) atoms. The Bertz CT molecular complexity index is 760. The van der Waals surface area contributed by atoms with Crippen molar-refractivity contribution in [1.29, 1.82) is 0 Å². The summed E-state index contributed by atoms with van der Waals surface area (Å²) in [6.07, 6.45) is 0. The number of ether oxygens (including phenoxy) is 1. The highest BCUT2D eigenvalue weighted by molar-refractivity contribution is 5.93. The Morgan fingerprint density at radius 3 is 1.85 bits per heavy atom. The number of nitrogens with zero attached hydrogens (tertiary/aromatic N) is 1. The Morgan fingerprint density at radius 2 is 1.41 bits per heavy atom. The molecule has 0 saturated carbocycles. The van der Waals surface area contributed by atoms with Crippen LogP contribution in [0, 0.1) is 0 Å². The molecule has 0 aromatic heterocycles. The van der Waals surface area contributed by atoms with Gasteiger partial charge >= 0.3 is 0 Å². The summed E-state index contributed by atoms with van der Waals surface area (Å²) in [5, 5.41) is 8.65. The molecule has 0 fully saturated rings. The fourth-order valence-corrected chi connectivity index (χ4v) is 3.01. The van der Waals surface area contributed by atoms with Crippen LogP contribution in [0.25, 0.3) is 11.1 Å². The molecule has 0 atom stereocenters. The zero-order chi connectivity index (χ0) is 20.0. The highest BCUT2D eigenvalue weighted by atomic mass is 16.5. The van der Waals surface area contributed by atoms with Crippen LogP contribution in [0.15, 0.2) is 48.5 Å². The minimum Gasteiger partial charge on any atom is -0.484 e. The second-order valence-electron chi connectivity index (χ2n) is 6.82. The van der Waals surface area contributed by atoms with Crippen molar-refractivity contribution < 1.29 is 19.5 Å². The van der Waals surface area contributed by atoms with Crippen LogP contribution in [0.3, 0.4) is 0 Å². The van der Waals surface area contributed by atoms with E-state index in [2.05, 4.69) is 0 Å². The van der Waals surface area contributed by atoms with Gasteiger partial charge in [-0.25, -0.2) is 5.48 Å². The summed E-state index contributed by atoms with van der Waals surface area (Å²) in [6.45, 7) is 7.95. The zero-order valence-electron chi connectivity index (χ0n) is 16.1. The third-order valence-electron chi connectivity index (χ3n) is 4.20. The Kier molecular flexibility index (Phi) is 6.96. The topological polar surface area (TPSA) is 78.9 Å². The molecule has 0 aliphatic heterocycles. The Labute approximate surface area is 159 Å². The van der Waals surface area contributed by atoms with Crippen LogP contribution in [-0.4, -0.2) is 40.6 Å². The fraction of sp³-hybridized carbons (Fsp3) is 0.333. The summed E-state index contributed by atoms with van der Waals surface area (Å²) >= 11 is 0. The van der Waals surface area contributed by atoms with Crippen LogP contribution in [0.2, 0.25) is 0 Å². The second-order valence-corrected chi connectivity index (χ2v) is 6.82. The number of hydrogen-bond donors (Lipinski definition) is 2. The first-order chi connectivity index (χ1) is 12.8. The highest BCUT2D eigenvalue weighted by Crippen LogP contribution is 2.23. The molecule has 6 nitrogen and oxygen atoms in total. The maximum atomic E-state index is 12.4. The van der Waals surface area contributed by atoms with E-state index in [-0.39, 0.29) is 24.6 Å². The number of hydrogen-bond acceptors (Lipinski definition) is 4. The Balaban J connectivity index is 2.01. The van der Waals surface area contributed by atoms with Crippen molar-refractivity contribution >= 4 is 11.8 Å². The van der Waals surface area contributed by atoms with Crippen LogP contribution in [0.4, 0.5) is 0 Å². The molecular formula is C21H26N2O4. The van der Waals surface area contributed by atoms with Crippen LogP contribution in [-0.2, 0) is 4.79 Å². The molecule has 2 aromatic carbocycles. The molecular weight excluding hydrogens is 344 g/mol. The van der Waals surface area contributed by atoms with Crippen LogP contribution in [0.5, 0.6) is 5.75 Å². The first kappa shape index (κ1) is 20.5.